The summed E-state index contributed by atoms with van der Waals surface area (Å²) in [6, 6.07) is 9.56. The van der Waals surface area contributed by atoms with Crippen LogP contribution >= 0.6 is 0 Å². The van der Waals surface area contributed by atoms with Crippen LogP contribution in [0.15, 0.2) is 54.9 Å². The van der Waals surface area contributed by atoms with E-state index in [-0.39, 0.29) is 18.8 Å². The molecule has 1 aliphatic rings. The molecule has 0 amide bonds. The van der Waals surface area contributed by atoms with E-state index in [0.717, 1.165) is 12.1 Å². The minimum Gasteiger partial charge on any atom is -0.352 e. The second-order valence-electron chi connectivity index (χ2n) is 7.04. The molecule has 0 N–H and O–H groups in total. The van der Waals surface area contributed by atoms with E-state index in [0.29, 0.717) is 30.3 Å². The summed E-state index contributed by atoms with van der Waals surface area (Å²) in [5.74, 6) is 0.867. The molecule has 0 aliphatic carbocycles. The molecular weight excluding hydrogens is 433 g/mol. The van der Waals surface area contributed by atoms with Crippen LogP contribution in [-0.4, -0.2) is 58.9 Å². The molecule has 4 rings (SSSR count). The summed E-state index contributed by atoms with van der Waals surface area (Å²) in [5.41, 5.74) is -0.488. The molecule has 3 heterocycles. The molecule has 8 nitrogen and oxygen atoms in total. The minimum atomic E-state index is -4.45. The molecule has 0 spiro atoms. The highest BCUT2D eigenvalue weighted by Crippen LogP contribution is 2.29. The van der Waals surface area contributed by atoms with E-state index in [9.17, 15) is 21.6 Å². The van der Waals surface area contributed by atoms with Crippen LogP contribution in [0, 0.1) is 0 Å². The summed E-state index contributed by atoms with van der Waals surface area (Å²) >= 11 is 0. The molecule has 0 atom stereocenters. The number of hydrogen-bond donors (Lipinski definition) is 0. The standard InChI is InChI=1S/C19H19F3N6O2S/c20-19(21,22)16-4-2-15(3-5-16)14-31(29,30)27-12-10-26(11-13-27)17-6-7-18(25-24-17)28-9-1-8-23-28/h1-9H,10-14H2. The number of piperazine rings is 1. The smallest absolute Gasteiger partial charge is 0.352 e. The lowest BCUT2D eigenvalue weighted by Crippen LogP contribution is -2.49. The van der Waals surface area contributed by atoms with Gasteiger partial charge in [0.25, 0.3) is 0 Å². The first-order chi connectivity index (χ1) is 14.7. The van der Waals surface area contributed by atoms with E-state index >= 15 is 0 Å². The van der Waals surface area contributed by atoms with E-state index < -0.39 is 21.8 Å². The summed E-state index contributed by atoms with van der Waals surface area (Å²) in [6.07, 6.45) is -1.06. The summed E-state index contributed by atoms with van der Waals surface area (Å²) in [6.45, 7) is 1.38. The van der Waals surface area contributed by atoms with Crippen LogP contribution in [0.4, 0.5) is 19.0 Å². The predicted molar refractivity (Wildman–Crippen MR) is 107 cm³/mol. The van der Waals surface area contributed by atoms with Crippen molar-refractivity contribution in [3.05, 3.63) is 66.0 Å². The van der Waals surface area contributed by atoms with Crippen LogP contribution in [-0.2, 0) is 22.0 Å². The molecule has 0 radical (unpaired) electrons. The van der Waals surface area contributed by atoms with Crippen LogP contribution < -0.4 is 4.90 Å². The Hall–Kier alpha value is -2.99. The number of hydrogen-bond acceptors (Lipinski definition) is 6. The van der Waals surface area contributed by atoms with Crippen LogP contribution in [0.1, 0.15) is 11.1 Å². The van der Waals surface area contributed by atoms with Gasteiger partial charge in [-0.25, -0.2) is 13.1 Å². The van der Waals surface area contributed by atoms with Crippen molar-refractivity contribution in [2.45, 2.75) is 11.9 Å². The van der Waals surface area contributed by atoms with Gasteiger partial charge in [-0.15, -0.1) is 10.2 Å². The highest BCUT2D eigenvalue weighted by molar-refractivity contribution is 7.88. The fourth-order valence-corrected chi connectivity index (χ4v) is 4.82. The molecule has 31 heavy (non-hydrogen) atoms. The first-order valence-corrected chi connectivity index (χ1v) is 11.1. The lowest BCUT2D eigenvalue weighted by atomic mass is 10.1. The van der Waals surface area contributed by atoms with Crippen molar-refractivity contribution >= 4 is 15.8 Å². The number of nitrogens with zero attached hydrogens (tertiary/aromatic N) is 6. The molecule has 1 aliphatic heterocycles. The Labute approximate surface area is 177 Å². The molecule has 164 valence electrons. The number of halogens is 3. The zero-order valence-corrected chi connectivity index (χ0v) is 17.1. The van der Waals surface area contributed by atoms with E-state index in [2.05, 4.69) is 15.3 Å². The largest absolute Gasteiger partial charge is 0.416 e. The summed E-state index contributed by atoms with van der Waals surface area (Å²) < 4.78 is 66.4. The number of aromatic nitrogens is 4. The highest BCUT2D eigenvalue weighted by Gasteiger charge is 2.31. The van der Waals surface area contributed by atoms with Gasteiger partial charge in [-0.3, -0.25) is 0 Å². The number of anilines is 1. The van der Waals surface area contributed by atoms with Crippen molar-refractivity contribution in [3.8, 4) is 5.82 Å². The summed E-state index contributed by atoms with van der Waals surface area (Å²) in [7, 11) is -3.65. The third-order valence-electron chi connectivity index (χ3n) is 4.96. The van der Waals surface area contributed by atoms with Gasteiger partial charge in [0.05, 0.1) is 11.3 Å². The van der Waals surface area contributed by atoms with E-state index in [1.807, 2.05) is 4.90 Å². The van der Waals surface area contributed by atoms with Gasteiger partial charge in [0.15, 0.2) is 11.6 Å². The van der Waals surface area contributed by atoms with Gasteiger partial charge in [-0.2, -0.15) is 22.6 Å². The zero-order valence-electron chi connectivity index (χ0n) is 16.3. The Morgan fingerprint density at radius 3 is 2.10 bits per heavy atom. The van der Waals surface area contributed by atoms with Gasteiger partial charge in [0.1, 0.15) is 0 Å². The molecule has 1 fully saturated rings. The Morgan fingerprint density at radius 1 is 0.903 bits per heavy atom. The lowest BCUT2D eigenvalue weighted by Gasteiger charge is -2.34. The fourth-order valence-electron chi connectivity index (χ4n) is 3.30. The Balaban J connectivity index is 1.36. The molecule has 2 aromatic heterocycles. The van der Waals surface area contributed by atoms with Gasteiger partial charge in [0, 0.05) is 38.6 Å². The van der Waals surface area contributed by atoms with Gasteiger partial charge >= 0.3 is 6.18 Å². The van der Waals surface area contributed by atoms with Crippen LogP contribution in [0.3, 0.4) is 0 Å². The van der Waals surface area contributed by atoms with Crippen molar-refractivity contribution in [2.75, 3.05) is 31.1 Å². The topological polar surface area (TPSA) is 84.2 Å². The quantitative estimate of drug-likeness (QED) is 0.591. The number of sulfonamides is 1. The Kier molecular flexibility index (Phi) is 5.67. The Bertz CT molecular complexity index is 1110. The van der Waals surface area contributed by atoms with Gasteiger partial charge < -0.3 is 4.90 Å². The molecule has 0 bridgehead atoms. The maximum atomic E-state index is 12.7. The third kappa shape index (κ3) is 4.85. The van der Waals surface area contributed by atoms with Crippen molar-refractivity contribution in [2.24, 2.45) is 0 Å². The monoisotopic (exact) mass is 452 g/mol. The van der Waals surface area contributed by atoms with Crippen LogP contribution in [0.25, 0.3) is 5.82 Å². The van der Waals surface area contributed by atoms with E-state index in [1.165, 1.54) is 16.4 Å². The number of rotatable bonds is 5. The molecule has 3 aromatic rings. The first-order valence-electron chi connectivity index (χ1n) is 9.45. The fraction of sp³-hybridized carbons (Fsp3) is 0.316. The second kappa shape index (κ2) is 8.27. The first kappa shape index (κ1) is 21.2. The number of alkyl halides is 3. The maximum absolute atomic E-state index is 12.7. The summed E-state index contributed by atoms with van der Waals surface area (Å²) in [4.78, 5) is 1.93. The Morgan fingerprint density at radius 2 is 1.55 bits per heavy atom. The average molecular weight is 452 g/mol. The highest BCUT2D eigenvalue weighted by atomic mass is 32.2. The molecule has 0 unspecified atom stereocenters. The maximum Gasteiger partial charge on any atom is 0.416 e. The van der Waals surface area contributed by atoms with E-state index in [1.54, 1.807) is 35.3 Å². The van der Waals surface area contributed by atoms with Crippen LogP contribution in [0.2, 0.25) is 0 Å². The van der Waals surface area contributed by atoms with E-state index in [4.69, 9.17) is 0 Å². The normalized spacial score (nSPS) is 15.9. The van der Waals surface area contributed by atoms with Gasteiger partial charge in [-0.1, -0.05) is 12.1 Å². The third-order valence-corrected chi connectivity index (χ3v) is 6.81. The van der Waals surface area contributed by atoms with Crippen molar-refractivity contribution in [1.82, 2.24) is 24.3 Å². The SMILES string of the molecule is O=S(=O)(Cc1ccc(C(F)(F)F)cc1)N1CCN(c2ccc(-n3cccn3)nn2)CC1. The zero-order chi connectivity index (χ0) is 22.1. The summed E-state index contributed by atoms with van der Waals surface area (Å²) in [5, 5.41) is 12.4. The van der Waals surface area contributed by atoms with Crippen molar-refractivity contribution < 1.29 is 21.6 Å². The molecule has 1 saturated heterocycles. The molecule has 12 heteroatoms. The second-order valence-corrected chi connectivity index (χ2v) is 9.01. The van der Waals surface area contributed by atoms with Crippen molar-refractivity contribution in [3.63, 3.8) is 0 Å². The lowest BCUT2D eigenvalue weighted by molar-refractivity contribution is -0.137. The molecule has 0 saturated carbocycles. The average Bonchev–Trinajstić information content (AvgIpc) is 3.28. The van der Waals surface area contributed by atoms with Gasteiger partial charge in [0.2, 0.25) is 10.0 Å². The minimum absolute atomic E-state index is 0.256. The van der Waals surface area contributed by atoms with Gasteiger partial charge in [-0.05, 0) is 35.9 Å². The molecule has 1 aromatic carbocycles. The number of benzene rings is 1. The molecular formula is C19H19F3N6O2S. The van der Waals surface area contributed by atoms with Crippen LogP contribution in [0.5, 0.6) is 0 Å². The van der Waals surface area contributed by atoms with Crippen molar-refractivity contribution in [1.29, 1.82) is 0 Å². The predicted octanol–water partition coefficient (Wildman–Crippen LogP) is 2.33.